The highest BCUT2D eigenvalue weighted by Crippen LogP contribution is 2.05. The first-order valence-corrected chi connectivity index (χ1v) is 6.96. The summed E-state index contributed by atoms with van der Waals surface area (Å²) in [6, 6.07) is 0.483. The van der Waals surface area contributed by atoms with Crippen LogP contribution in [0.3, 0.4) is 0 Å². The second-order valence-corrected chi connectivity index (χ2v) is 5.11. The molecule has 2 aromatic rings. The molecule has 2 aromatic heterocycles. The summed E-state index contributed by atoms with van der Waals surface area (Å²) in [7, 11) is 0. The van der Waals surface area contributed by atoms with Crippen molar-refractivity contribution in [3.63, 3.8) is 0 Å². The fourth-order valence-corrected chi connectivity index (χ4v) is 1.74. The van der Waals surface area contributed by atoms with Gasteiger partial charge in [0.1, 0.15) is 0 Å². The lowest BCUT2D eigenvalue weighted by Gasteiger charge is -2.04. The summed E-state index contributed by atoms with van der Waals surface area (Å²) in [5.41, 5.74) is 0. The van der Waals surface area contributed by atoms with Crippen LogP contribution in [0.5, 0.6) is 0 Å². The Hall–Kier alpha value is -1.89. The number of nitrogens with zero attached hydrogens (tertiary/aromatic N) is 4. The maximum Gasteiger partial charge on any atom is 0.315 e. The molecule has 0 aliphatic rings. The van der Waals surface area contributed by atoms with Gasteiger partial charge in [-0.2, -0.15) is 0 Å². The molecule has 0 radical (unpaired) electrons. The van der Waals surface area contributed by atoms with Gasteiger partial charge in [-0.05, 0) is 18.9 Å². The fraction of sp³-hybridized carbons (Fsp3) is 0.615. The molecule has 0 unspecified atom stereocenters. The van der Waals surface area contributed by atoms with Crippen molar-refractivity contribution in [1.82, 2.24) is 25.1 Å². The average Bonchev–Trinajstić information content (AvgIpc) is 3.05. The minimum atomic E-state index is 0.483. The van der Waals surface area contributed by atoms with E-state index in [2.05, 4.69) is 39.7 Å². The number of aromatic nitrogens is 4. The van der Waals surface area contributed by atoms with Gasteiger partial charge in [0.25, 0.3) is 0 Å². The summed E-state index contributed by atoms with van der Waals surface area (Å²) in [5.74, 6) is 1.22. The van der Waals surface area contributed by atoms with E-state index >= 15 is 0 Å². The third kappa shape index (κ3) is 5.00. The van der Waals surface area contributed by atoms with Gasteiger partial charge in [0.15, 0.2) is 0 Å². The Morgan fingerprint density at radius 3 is 3.00 bits per heavy atom. The third-order valence-electron chi connectivity index (χ3n) is 2.72. The van der Waals surface area contributed by atoms with Gasteiger partial charge in [-0.25, -0.2) is 4.98 Å². The zero-order chi connectivity index (χ0) is 14.2. The highest BCUT2D eigenvalue weighted by Gasteiger charge is 2.05. The fourth-order valence-electron chi connectivity index (χ4n) is 1.74. The number of hydrogen-bond acceptors (Lipinski definition) is 6. The molecule has 0 bridgehead atoms. The van der Waals surface area contributed by atoms with E-state index in [0.29, 0.717) is 24.4 Å². The summed E-state index contributed by atoms with van der Waals surface area (Å²) in [6.45, 7) is 7.59. The van der Waals surface area contributed by atoms with Crippen LogP contribution in [0.4, 0.5) is 6.01 Å². The van der Waals surface area contributed by atoms with Gasteiger partial charge in [0.05, 0.1) is 12.9 Å². The minimum Gasteiger partial charge on any atom is -0.407 e. The van der Waals surface area contributed by atoms with Crippen molar-refractivity contribution in [3.8, 4) is 0 Å². The zero-order valence-electron chi connectivity index (χ0n) is 12.0. The predicted molar refractivity (Wildman–Crippen MR) is 76.2 cm³/mol. The number of nitrogens with one attached hydrogen (secondary N) is 2. The SMILES string of the molecule is CC(C)CNCc1nnc(NCCCn2ccnc2)o1. The first kappa shape index (κ1) is 14.5. The van der Waals surface area contributed by atoms with Crippen LogP contribution in [-0.4, -0.2) is 32.8 Å². The molecule has 0 aliphatic heterocycles. The van der Waals surface area contributed by atoms with Crippen molar-refractivity contribution in [2.24, 2.45) is 5.92 Å². The highest BCUT2D eigenvalue weighted by molar-refractivity contribution is 5.16. The summed E-state index contributed by atoms with van der Waals surface area (Å²) in [4.78, 5) is 4.00. The molecule has 2 heterocycles. The molecule has 110 valence electrons. The van der Waals surface area contributed by atoms with Crippen molar-refractivity contribution in [2.45, 2.75) is 33.4 Å². The van der Waals surface area contributed by atoms with Crippen LogP contribution in [0.15, 0.2) is 23.1 Å². The van der Waals surface area contributed by atoms with Crippen LogP contribution in [0.2, 0.25) is 0 Å². The summed E-state index contributed by atoms with van der Waals surface area (Å²) < 4.78 is 7.53. The van der Waals surface area contributed by atoms with E-state index in [4.69, 9.17) is 4.42 Å². The Kier molecular flexibility index (Phi) is 5.55. The third-order valence-corrected chi connectivity index (χ3v) is 2.72. The first-order chi connectivity index (χ1) is 9.74. The number of aryl methyl sites for hydroxylation is 1. The molecule has 0 saturated heterocycles. The Morgan fingerprint density at radius 1 is 1.35 bits per heavy atom. The molecule has 2 N–H and O–H groups in total. The second-order valence-electron chi connectivity index (χ2n) is 5.11. The monoisotopic (exact) mass is 278 g/mol. The van der Waals surface area contributed by atoms with E-state index in [1.807, 2.05) is 17.1 Å². The Morgan fingerprint density at radius 2 is 2.25 bits per heavy atom. The molecule has 7 heteroatoms. The van der Waals surface area contributed by atoms with Gasteiger partial charge in [0, 0.05) is 25.5 Å². The first-order valence-electron chi connectivity index (χ1n) is 6.96. The molecule has 0 aromatic carbocycles. The molecule has 0 saturated carbocycles. The Balaban J connectivity index is 1.62. The van der Waals surface area contributed by atoms with Gasteiger partial charge < -0.3 is 19.6 Å². The van der Waals surface area contributed by atoms with E-state index in [9.17, 15) is 0 Å². The van der Waals surface area contributed by atoms with Crippen molar-refractivity contribution in [2.75, 3.05) is 18.4 Å². The average molecular weight is 278 g/mol. The van der Waals surface area contributed by atoms with Crippen LogP contribution >= 0.6 is 0 Å². The second kappa shape index (κ2) is 7.64. The lowest BCUT2D eigenvalue weighted by molar-refractivity contribution is 0.458. The molecule has 0 aliphatic carbocycles. The van der Waals surface area contributed by atoms with Crippen LogP contribution in [0.1, 0.15) is 26.2 Å². The number of hydrogen-bond donors (Lipinski definition) is 2. The Bertz CT molecular complexity index is 479. The number of imidazole rings is 1. The maximum atomic E-state index is 5.49. The lowest BCUT2D eigenvalue weighted by atomic mass is 10.2. The van der Waals surface area contributed by atoms with Crippen LogP contribution < -0.4 is 10.6 Å². The molecule has 0 spiro atoms. The standard InChI is InChI=1S/C13H22N6O/c1-11(2)8-15-9-12-17-18-13(20-12)16-4-3-6-19-7-5-14-10-19/h5,7,10-11,15H,3-4,6,8-9H2,1-2H3,(H,16,18). The van der Waals surface area contributed by atoms with Gasteiger partial charge >= 0.3 is 6.01 Å². The lowest BCUT2D eigenvalue weighted by Crippen LogP contribution is -2.19. The van der Waals surface area contributed by atoms with Crippen LogP contribution in [0.25, 0.3) is 0 Å². The van der Waals surface area contributed by atoms with Crippen molar-refractivity contribution in [1.29, 1.82) is 0 Å². The molecule has 0 atom stereocenters. The van der Waals surface area contributed by atoms with E-state index in [-0.39, 0.29) is 0 Å². The predicted octanol–water partition coefficient (Wildman–Crippen LogP) is 1.51. The van der Waals surface area contributed by atoms with Crippen LogP contribution in [-0.2, 0) is 13.1 Å². The minimum absolute atomic E-state index is 0.483. The van der Waals surface area contributed by atoms with Gasteiger partial charge in [-0.1, -0.05) is 18.9 Å². The summed E-state index contributed by atoms with van der Waals surface area (Å²) in [6.07, 6.45) is 6.51. The summed E-state index contributed by atoms with van der Waals surface area (Å²) in [5, 5.41) is 14.3. The topological polar surface area (TPSA) is 80.8 Å². The summed E-state index contributed by atoms with van der Waals surface area (Å²) >= 11 is 0. The normalized spacial score (nSPS) is 11.2. The van der Waals surface area contributed by atoms with Gasteiger partial charge in [0.2, 0.25) is 5.89 Å². The van der Waals surface area contributed by atoms with Crippen molar-refractivity contribution >= 4 is 6.01 Å². The van der Waals surface area contributed by atoms with Gasteiger partial charge in [-0.15, -0.1) is 5.10 Å². The van der Waals surface area contributed by atoms with Crippen molar-refractivity contribution < 1.29 is 4.42 Å². The molecular weight excluding hydrogens is 256 g/mol. The molecule has 7 nitrogen and oxygen atoms in total. The highest BCUT2D eigenvalue weighted by atomic mass is 16.4. The number of anilines is 1. The van der Waals surface area contributed by atoms with E-state index < -0.39 is 0 Å². The molecule has 20 heavy (non-hydrogen) atoms. The van der Waals surface area contributed by atoms with Crippen LogP contribution in [0, 0.1) is 5.92 Å². The van der Waals surface area contributed by atoms with E-state index in [1.54, 1.807) is 6.20 Å². The number of rotatable bonds is 9. The zero-order valence-corrected chi connectivity index (χ0v) is 12.0. The maximum absolute atomic E-state index is 5.49. The Labute approximate surface area is 118 Å². The van der Waals surface area contributed by atoms with Crippen molar-refractivity contribution in [3.05, 3.63) is 24.6 Å². The largest absolute Gasteiger partial charge is 0.407 e. The smallest absolute Gasteiger partial charge is 0.315 e. The molecule has 0 fully saturated rings. The van der Waals surface area contributed by atoms with E-state index in [0.717, 1.165) is 26.1 Å². The molecule has 0 amide bonds. The molecular formula is C13H22N6O. The molecule has 2 rings (SSSR count). The quantitative estimate of drug-likeness (QED) is 0.677. The van der Waals surface area contributed by atoms with Gasteiger partial charge in [-0.3, -0.25) is 0 Å². The van der Waals surface area contributed by atoms with E-state index in [1.165, 1.54) is 0 Å².